The van der Waals surface area contributed by atoms with Gasteiger partial charge in [0.1, 0.15) is 30.5 Å². The van der Waals surface area contributed by atoms with E-state index in [2.05, 4.69) is 20.0 Å². The molecule has 0 saturated carbocycles. The van der Waals surface area contributed by atoms with E-state index >= 15 is 0 Å². The number of nitrogens with zero attached hydrogens (tertiary/aromatic N) is 3. The van der Waals surface area contributed by atoms with Crippen LogP contribution in [-0.2, 0) is 19.5 Å². The number of morpholine rings is 1. The third-order valence-electron chi connectivity index (χ3n) is 7.37. The molecule has 0 radical (unpaired) electrons. The molecule has 16 heteroatoms. The molecule has 1 fully saturated rings. The number of hydrogen-bond acceptors (Lipinski definition) is 11. The summed E-state index contributed by atoms with van der Waals surface area (Å²) in [4.78, 5) is 35.8. The number of carbonyl (C=O) groups is 2. The molecule has 0 aliphatic carbocycles. The first-order valence-corrected chi connectivity index (χ1v) is 17.4. The van der Waals surface area contributed by atoms with Crippen LogP contribution in [0.5, 0.6) is 23.0 Å². The van der Waals surface area contributed by atoms with Gasteiger partial charge >= 0.3 is 6.09 Å². The van der Waals surface area contributed by atoms with Crippen LogP contribution in [0.4, 0.5) is 16.3 Å². The van der Waals surface area contributed by atoms with Crippen LogP contribution in [0, 0.1) is 0 Å². The minimum Gasteiger partial charge on any atom is -0.497 e. The molecule has 0 bridgehead atoms. The van der Waals surface area contributed by atoms with Gasteiger partial charge in [-0.05, 0) is 53.9 Å². The fourth-order valence-corrected chi connectivity index (χ4v) is 5.85. The van der Waals surface area contributed by atoms with Crippen molar-refractivity contribution in [3.05, 3.63) is 89.2 Å². The summed E-state index contributed by atoms with van der Waals surface area (Å²) in [5.74, 6) is 0.381. The van der Waals surface area contributed by atoms with Crippen molar-refractivity contribution < 1.29 is 41.7 Å². The maximum Gasteiger partial charge on any atom is 0.412 e. The molecule has 0 atom stereocenters. The van der Waals surface area contributed by atoms with Gasteiger partial charge in [0.2, 0.25) is 0 Å². The Kier molecular flexibility index (Phi) is 12.0. The second kappa shape index (κ2) is 16.5. The lowest BCUT2D eigenvalue weighted by molar-refractivity contribution is 0.0302. The molecular formula is C34H36ClN5O9S. The number of nitrogens with one attached hydrogen (secondary N) is 2. The molecule has 264 valence electrons. The second-order valence-electron chi connectivity index (χ2n) is 11.2. The molecule has 2 amide bonds. The summed E-state index contributed by atoms with van der Waals surface area (Å²) in [6, 6.07) is 15.5. The number of benzene rings is 2. The number of amides is 2. The zero-order valence-electron chi connectivity index (χ0n) is 27.6. The van der Waals surface area contributed by atoms with Gasteiger partial charge in [-0.15, -0.1) is 0 Å². The topological polar surface area (TPSA) is 168 Å². The third-order valence-corrected chi connectivity index (χ3v) is 8.96. The number of rotatable bonds is 13. The molecule has 4 aromatic rings. The summed E-state index contributed by atoms with van der Waals surface area (Å²) in [5.41, 5.74) is 0.813. The Labute approximate surface area is 294 Å². The number of halogens is 1. The standard InChI is InChI=1S/C34H36ClN5O9S/c1-22(2)23-7-10-31(37-21-23)50(43,44)39-27-18-24(33(41)40-12-14-46-15-13-40)19-29(32(27)49-28-20-25(45-3)8-9-26(28)35)47-16-17-48-34(42)38-30-6-4-5-11-36-30/h4-11,18-22,39H,12-17H2,1-3H3,(H,36,38,42). The molecule has 2 aromatic heterocycles. The molecular weight excluding hydrogens is 690 g/mol. The van der Waals surface area contributed by atoms with Crippen LogP contribution in [0.3, 0.4) is 0 Å². The summed E-state index contributed by atoms with van der Waals surface area (Å²) in [6.45, 7) is 4.85. The summed E-state index contributed by atoms with van der Waals surface area (Å²) in [6.07, 6.45) is 2.24. The molecule has 3 heterocycles. The lowest BCUT2D eigenvalue weighted by Gasteiger charge is -2.27. The van der Waals surface area contributed by atoms with E-state index in [1.165, 1.54) is 43.8 Å². The molecule has 0 spiro atoms. The molecule has 1 aliphatic rings. The van der Waals surface area contributed by atoms with Gasteiger partial charge in [-0.25, -0.2) is 14.8 Å². The van der Waals surface area contributed by atoms with E-state index < -0.39 is 22.0 Å². The van der Waals surface area contributed by atoms with Crippen molar-refractivity contribution in [3.8, 4) is 23.0 Å². The number of carbonyl (C=O) groups excluding carboxylic acids is 2. The molecule has 1 saturated heterocycles. The van der Waals surface area contributed by atoms with Gasteiger partial charge in [0.15, 0.2) is 16.5 Å². The number of anilines is 2. The van der Waals surface area contributed by atoms with Crippen LogP contribution in [0.25, 0.3) is 0 Å². The normalized spacial score (nSPS) is 13.0. The van der Waals surface area contributed by atoms with E-state index in [1.807, 2.05) is 13.8 Å². The van der Waals surface area contributed by atoms with Gasteiger partial charge < -0.3 is 28.6 Å². The smallest absolute Gasteiger partial charge is 0.412 e. The van der Waals surface area contributed by atoms with E-state index in [9.17, 15) is 18.0 Å². The molecule has 14 nitrogen and oxygen atoms in total. The Bertz CT molecular complexity index is 1910. The van der Waals surface area contributed by atoms with E-state index in [1.54, 1.807) is 41.3 Å². The zero-order valence-corrected chi connectivity index (χ0v) is 29.1. The Morgan fingerprint density at radius 3 is 2.48 bits per heavy atom. The van der Waals surface area contributed by atoms with Crippen molar-refractivity contribution in [1.29, 1.82) is 0 Å². The summed E-state index contributed by atoms with van der Waals surface area (Å²) >= 11 is 6.48. The predicted molar refractivity (Wildman–Crippen MR) is 185 cm³/mol. The first kappa shape index (κ1) is 36.2. The summed E-state index contributed by atoms with van der Waals surface area (Å²) < 4.78 is 58.2. The number of sulfonamides is 1. The molecule has 50 heavy (non-hydrogen) atoms. The maximum absolute atomic E-state index is 13.7. The lowest BCUT2D eigenvalue weighted by Crippen LogP contribution is -2.40. The zero-order chi connectivity index (χ0) is 35.7. The second-order valence-corrected chi connectivity index (χ2v) is 13.2. The van der Waals surface area contributed by atoms with E-state index in [-0.39, 0.29) is 57.7 Å². The highest BCUT2D eigenvalue weighted by Crippen LogP contribution is 2.44. The van der Waals surface area contributed by atoms with E-state index in [0.717, 1.165) is 5.56 Å². The maximum atomic E-state index is 13.7. The Morgan fingerprint density at radius 1 is 1.00 bits per heavy atom. The van der Waals surface area contributed by atoms with Crippen LogP contribution in [0.1, 0.15) is 35.7 Å². The van der Waals surface area contributed by atoms with Crippen LogP contribution >= 0.6 is 11.6 Å². The van der Waals surface area contributed by atoms with Gasteiger partial charge in [-0.1, -0.05) is 37.6 Å². The highest BCUT2D eigenvalue weighted by molar-refractivity contribution is 7.92. The average molecular weight is 726 g/mol. The summed E-state index contributed by atoms with van der Waals surface area (Å²) in [5, 5.41) is 2.42. The molecule has 5 rings (SSSR count). The largest absolute Gasteiger partial charge is 0.497 e. The molecule has 2 N–H and O–H groups in total. The Morgan fingerprint density at radius 2 is 1.80 bits per heavy atom. The highest BCUT2D eigenvalue weighted by Gasteiger charge is 2.27. The van der Waals surface area contributed by atoms with Crippen molar-refractivity contribution >= 4 is 45.1 Å². The van der Waals surface area contributed by atoms with Gasteiger partial charge in [-0.2, -0.15) is 8.42 Å². The Hall–Kier alpha value is -5.12. The van der Waals surface area contributed by atoms with Crippen molar-refractivity contribution in [1.82, 2.24) is 14.9 Å². The van der Waals surface area contributed by atoms with Crippen LogP contribution in [0.15, 0.2) is 78.1 Å². The Balaban J connectivity index is 1.51. The van der Waals surface area contributed by atoms with Crippen molar-refractivity contribution in [2.45, 2.75) is 24.8 Å². The van der Waals surface area contributed by atoms with Crippen molar-refractivity contribution in [2.24, 2.45) is 0 Å². The van der Waals surface area contributed by atoms with Crippen LogP contribution < -0.4 is 24.2 Å². The van der Waals surface area contributed by atoms with E-state index in [0.29, 0.717) is 37.9 Å². The van der Waals surface area contributed by atoms with Crippen molar-refractivity contribution in [2.75, 3.05) is 56.7 Å². The van der Waals surface area contributed by atoms with Gasteiger partial charge in [0.05, 0.1) is 31.0 Å². The fourth-order valence-electron chi connectivity index (χ4n) is 4.71. The van der Waals surface area contributed by atoms with Crippen molar-refractivity contribution in [3.63, 3.8) is 0 Å². The van der Waals surface area contributed by atoms with Crippen LogP contribution in [-0.4, -0.2) is 81.9 Å². The van der Waals surface area contributed by atoms with Gasteiger partial charge in [0, 0.05) is 37.1 Å². The molecule has 1 aliphatic heterocycles. The quantitative estimate of drug-likeness (QED) is 0.156. The predicted octanol–water partition coefficient (Wildman–Crippen LogP) is 5.96. The van der Waals surface area contributed by atoms with Gasteiger partial charge in [-0.3, -0.25) is 14.8 Å². The van der Waals surface area contributed by atoms with Crippen LogP contribution in [0.2, 0.25) is 5.02 Å². The lowest BCUT2D eigenvalue weighted by atomic mass is 10.1. The number of pyridine rings is 2. The monoisotopic (exact) mass is 725 g/mol. The minimum atomic E-state index is -4.33. The first-order valence-electron chi connectivity index (χ1n) is 15.6. The molecule has 2 aromatic carbocycles. The number of ether oxygens (including phenoxy) is 5. The number of hydrogen-bond donors (Lipinski definition) is 2. The third kappa shape index (κ3) is 9.31. The number of methoxy groups -OCH3 is 1. The fraction of sp³-hybridized carbons (Fsp3) is 0.294. The average Bonchev–Trinajstić information content (AvgIpc) is 3.12. The highest BCUT2D eigenvalue weighted by atomic mass is 35.5. The van der Waals surface area contributed by atoms with Gasteiger partial charge in [0.25, 0.3) is 15.9 Å². The number of aromatic nitrogens is 2. The van der Waals surface area contributed by atoms with E-state index in [4.69, 9.17) is 35.3 Å². The summed E-state index contributed by atoms with van der Waals surface area (Å²) in [7, 11) is -2.86. The first-order chi connectivity index (χ1) is 24.0. The SMILES string of the molecule is COc1ccc(Cl)c(Oc2c(NS(=O)(=O)c3ccc(C(C)C)cn3)cc(C(=O)N3CCOCC3)cc2OCCOC(=O)Nc2ccccn2)c1. The minimum absolute atomic E-state index is 0.0439. The molecule has 0 unspecified atom stereocenters.